The van der Waals surface area contributed by atoms with Crippen molar-refractivity contribution in [2.75, 3.05) is 0 Å². The van der Waals surface area contributed by atoms with Gasteiger partial charge in [0.2, 0.25) is 5.91 Å². The molecule has 0 radical (unpaired) electrons. The molecule has 0 saturated heterocycles. The van der Waals surface area contributed by atoms with Crippen LogP contribution in [0.15, 0.2) is 70.4 Å². The van der Waals surface area contributed by atoms with E-state index in [0.717, 1.165) is 11.1 Å². The largest absolute Gasteiger partial charge is 0.481 e. The van der Waals surface area contributed by atoms with E-state index < -0.39 is 11.2 Å². The van der Waals surface area contributed by atoms with Crippen LogP contribution in [0.2, 0.25) is 0 Å². The molecule has 5 nitrogen and oxygen atoms in total. The molecule has 2 N–H and O–H groups in total. The van der Waals surface area contributed by atoms with Gasteiger partial charge in [0, 0.05) is 11.9 Å². The van der Waals surface area contributed by atoms with E-state index in [4.69, 9.17) is 5.11 Å². The van der Waals surface area contributed by atoms with Gasteiger partial charge in [-0.1, -0.05) is 72.4 Å². The van der Waals surface area contributed by atoms with E-state index in [1.807, 2.05) is 60.7 Å². The van der Waals surface area contributed by atoms with Gasteiger partial charge >= 0.3 is 5.97 Å². The Morgan fingerprint density at radius 1 is 1.07 bits per heavy atom. The van der Waals surface area contributed by atoms with E-state index in [-0.39, 0.29) is 12.3 Å². The Morgan fingerprint density at radius 3 is 2.41 bits per heavy atom. The molecule has 1 atom stereocenters. The van der Waals surface area contributed by atoms with Gasteiger partial charge in [0.1, 0.15) is 5.25 Å². The Hall–Kier alpha value is -2.64. The summed E-state index contributed by atoms with van der Waals surface area (Å²) in [6.45, 7) is 0.450. The first-order valence-corrected chi connectivity index (χ1v) is 10.1. The van der Waals surface area contributed by atoms with Crippen molar-refractivity contribution in [3.8, 4) is 0 Å². The molecule has 1 amide bonds. The van der Waals surface area contributed by atoms with E-state index in [1.54, 1.807) is 5.38 Å². The number of carboxylic acid groups (broad SMARTS) is 1. The third-order valence-electron chi connectivity index (χ3n) is 3.73. The smallest absolute Gasteiger partial charge is 0.309 e. The normalized spacial score (nSPS) is 11.7. The average molecular weight is 399 g/mol. The number of carboxylic acids is 1. The van der Waals surface area contributed by atoms with Crippen LogP contribution < -0.4 is 5.32 Å². The predicted octanol–water partition coefficient (Wildman–Crippen LogP) is 3.92. The summed E-state index contributed by atoms with van der Waals surface area (Å²) >= 11 is 2.69. The van der Waals surface area contributed by atoms with Crippen molar-refractivity contribution in [1.29, 1.82) is 0 Å². The van der Waals surface area contributed by atoms with Crippen LogP contribution in [-0.4, -0.2) is 22.0 Å². The van der Waals surface area contributed by atoms with Gasteiger partial charge in [-0.25, -0.2) is 4.98 Å². The number of nitrogens with one attached hydrogen (secondary N) is 1. The fourth-order valence-electron chi connectivity index (χ4n) is 2.46. The quantitative estimate of drug-likeness (QED) is 0.562. The number of nitrogens with zero attached hydrogens (tertiary/aromatic N) is 1. The van der Waals surface area contributed by atoms with Gasteiger partial charge in [0.05, 0.1) is 12.1 Å². The second-order valence-corrected chi connectivity index (χ2v) is 8.00. The van der Waals surface area contributed by atoms with Gasteiger partial charge in [0.15, 0.2) is 4.34 Å². The lowest BCUT2D eigenvalue weighted by molar-refractivity contribution is -0.136. The van der Waals surface area contributed by atoms with E-state index in [0.29, 0.717) is 16.6 Å². The van der Waals surface area contributed by atoms with Crippen LogP contribution in [-0.2, 0) is 22.6 Å². The lowest BCUT2D eigenvalue weighted by atomic mass is 10.1. The first-order valence-electron chi connectivity index (χ1n) is 8.31. The van der Waals surface area contributed by atoms with E-state index in [2.05, 4.69) is 10.3 Å². The number of benzene rings is 2. The highest BCUT2D eigenvalue weighted by Crippen LogP contribution is 2.37. The number of thioether (sulfide) groups is 1. The zero-order chi connectivity index (χ0) is 19.1. The molecule has 27 heavy (non-hydrogen) atoms. The fourth-order valence-corrected chi connectivity index (χ4v) is 4.51. The summed E-state index contributed by atoms with van der Waals surface area (Å²) in [6.07, 6.45) is -0.118. The summed E-state index contributed by atoms with van der Waals surface area (Å²) in [4.78, 5) is 28.0. The third kappa shape index (κ3) is 5.67. The molecule has 2 aromatic carbocycles. The summed E-state index contributed by atoms with van der Waals surface area (Å²) in [5.41, 5.74) is 2.41. The molecule has 3 rings (SSSR count). The Bertz CT molecular complexity index is 898. The molecular weight excluding hydrogens is 380 g/mol. The van der Waals surface area contributed by atoms with Crippen LogP contribution in [0.3, 0.4) is 0 Å². The first-order chi connectivity index (χ1) is 13.1. The number of aliphatic carboxylic acids is 1. The lowest BCUT2D eigenvalue weighted by Gasteiger charge is -2.16. The maximum absolute atomic E-state index is 12.9. The number of amides is 1. The van der Waals surface area contributed by atoms with Crippen LogP contribution in [0, 0.1) is 0 Å². The highest BCUT2D eigenvalue weighted by atomic mass is 32.2. The molecule has 0 saturated carbocycles. The maximum Gasteiger partial charge on any atom is 0.309 e. The van der Waals surface area contributed by atoms with Gasteiger partial charge < -0.3 is 10.4 Å². The molecule has 0 spiro atoms. The van der Waals surface area contributed by atoms with Gasteiger partial charge in [-0.15, -0.1) is 11.3 Å². The first kappa shape index (κ1) is 19.1. The molecular formula is C20H18N2O3S2. The molecule has 0 unspecified atom stereocenters. The van der Waals surface area contributed by atoms with Crippen LogP contribution in [0.5, 0.6) is 0 Å². The summed E-state index contributed by atoms with van der Waals surface area (Å²) in [5, 5.41) is 13.1. The van der Waals surface area contributed by atoms with Crippen molar-refractivity contribution < 1.29 is 14.7 Å². The Morgan fingerprint density at radius 2 is 1.74 bits per heavy atom. The molecule has 7 heteroatoms. The molecule has 3 aromatic rings. The Labute approximate surface area is 165 Å². The van der Waals surface area contributed by atoms with Crippen LogP contribution in [0.25, 0.3) is 0 Å². The number of carbonyl (C=O) groups excluding carboxylic acids is 1. The Balaban J connectivity index is 1.74. The molecule has 0 aliphatic heterocycles. The van der Waals surface area contributed by atoms with E-state index in [1.165, 1.54) is 23.1 Å². The number of carbonyl (C=O) groups is 2. The summed E-state index contributed by atoms with van der Waals surface area (Å²) in [5.74, 6) is -1.03. The lowest BCUT2D eigenvalue weighted by Crippen LogP contribution is -2.27. The maximum atomic E-state index is 12.9. The molecule has 1 heterocycles. The van der Waals surface area contributed by atoms with Gasteiger partial charge in [-0.05, 0) is 11.1 Å². The van der Waals surface area contributed by atoms with Crippen LogP contribution in [0.4, 0.5) is 0 Å². The van der Waals surface area contributed by atoms with E-state index >= 15 is 0 Å². The molecule has 1 aromatic heterocycles. The zero-order valence-corrected chi connectivity index (χ0v) is 16.0. The second kappa shape index (κ2) is 9.34. The zero-order valence-electron chi connectivity index (χ0n) is 14.4. The minimum absolute atomic E-state index is 0.106. The molecule has 0 aliphatic rings. The van der Waals surface area contributed by atoms with Crippen molar-refractivity contribution >= 4 is 35.0 Å². The molecule has 138 valence electrons. The number of hydrogen-bond acceptors (Lipinski definition) is 5. The number of aromatic nitrogens is 1. The van der Waals surface area contributed by atoms with Gasteiger partial charge in [-0.3, -0.25) is 9.59 Å². The van der Waals surface area contributed by atoms with E-state index in [9.17, 15) is 9.59 Å². The molecule has 0 aliphatic carbocycles. The summed E-state index contributed by atoms with van der Waals surface area (Å²) < 4.78 is 0.676. The second-order valence-electron chi connectivity index (χ2n) is 5.79. The standard InChI is InChI=1S/C20H18N2O3S2/c23-17(24)11-16-13-26-20(22-16)27-18(15-9-5-2-6-10-15)19(25)21-12-14-7-3-1-4-8-14/h1-10,13,18H,11-12H2,(H,21,25)(H,23,24)/t18-/m0/s1. The number of hydrogen-bond donors (Lipinski definition) is 2. The van der Waals surface area contributed by atoms with Gasteiger partial charge in [0.25, 0.3) is 0 Å². The highest BCUT2D eigenvalue weighted by Gasteiger charge is 2.23. The number of thiazole rings is 1. The topological polar surface area (TPSA) is 79.3 Å². The monoisotopic (exact) mass is 398 g/mol. The molecule has 0 bridgehead atoms. The fraction of sp³-hybridized carbons (Fsp3) is 0.150. The summed E-state index contributed by atoms with van der Waals surface area (Å²) in [7, 11) is 0. The molecule has 0 fully saturated rings. The van der Waals surface area contributed by atoms with Gasteiger partial charge in [-0.2, -0.15) is 0 Å². The van der Waals surface area contributed by atoms with Crippen molar-refractivity contribution in [1.82, 2.24) is 10.3 Å². The highest BCUT2D eigenvalue weighted by molar-refractivity contribution is 8.01. The Kier molecular flexibility index (Phi) is 6.62. The number of rotatable bonds is 8. The van der Waals surface area contributed by atoms with Crippen molar-refractivity contribution in [2.24, 2.45) is 0 Å². The van der Waals surface area contributed by atoms with Crippen molar-refractivity contribution in [3.63, 3.8) is 0 Å². The average Bonchev–Trinajstić information content (AvgIpc) is 3.12. The third-order valence-corrected chi connectivity index (χ3v) is 6.01. The minimum atomic E-state index is -0.919. The van der Waals surface area contributed by atoms with Crippen molar-refractivity contribution in [3.05, 3.63) is 82.9 Å². The van der Waals surface area contributed by atoms with Crippen LogP contribution >= 0.6 is 23.1 Å². The summed E-state index contributed by atoms with van der Waals surface area (Å²) in [6, 6.07) is 19.2. The minimum Gasteiger partial charge on any atom is -0.481 e. The van der Waals surface area contributed by atoms with Crippen molar-refractivity contribution in [2.45, 2.75) is 22.6 Å². The predicted molar refractivity (Wildman–Crippen MR) is 107 cm³/mol. The van der Waals surface area contributed by atoms with Crippen LogP contribution in [0.1, 0.15) is 22.1 Å². The SMILES string of the molecule is O=C(O)Cc1csc(S[C@H](C(=O)NCc2ccccc2)c2ccccc2)n1.